The molecule has 0 bridgehead atoms. The molecule has 6 heteroatoms. The minimum atomic E-state index is -0.0743. The van der Waals surface area contributed by atoms with Crippen molar-refractivity contribution in [2.45, 2.75) is 37.7 Å². The van der Waals surface area contributed by atoms with E-state index in [0.717, 1.165) is 24.2 Å². The molecule has 0 unspecified atom stereocenters. The van der Waals surface area contributed by atoms with Gasteiger partial charge < -0.3 is 14.6 Å². The molecule has 0 aliphatic carbocycles. The fraction of sp³-hybridized carbons (Fsp3) is 0.280. The molecule has 0 spiro atoms. The number of hydrogen-bond donors (Lipinski definition) is 1. The number of benzene rings is 2. The van der Waals surface area contributed by atoms with Crippen molar-refractivity contribution < 1.29 is 14.0 Å². The highest BCUT2D eigenvalue weighted by atomic mass is 32.2. The summed E-state index contributed by atoms with van der Waals surface area (Å²) in [4.78, 5) is 26.8. The third kappa shape index (κ3) is 5.39. The summed E-state index contributed by atoms with van der Waals surface area (Å²) >= 11 is 1.60. The fourth-order valence-electron chi connectivity index (χ4n) is 3.68. The number of hydrogen-bond acceptors (Lipinski definition) is 4. The van der Waals surface area contributed by atoms with Crippen LogP contribution in [-0.4, -0.2) is 28.5 Å². The van der Waals surface area contributed by atoms with Crippen molar-refractivity contribution in [1.82, 2.24) is 10.2 Å². The van der Waals surface area contributed by atoms with Gasteiger partial charge in [0.1, 0.15) is 11.1 Å². The maximum absolute atomic E-state index is 12.6. The number of amides is 2. The molecule has 2 atom stereocenters. The lowest BCUT2D eigenvalue weighted by Gasteiger charge is -2.23. The second-order valence-corrected chi connectivity index (χ2v) is 8.85. The van der Waals surface area contributed by atoms with Crippen molar-refractivity contribution in [3.05, 3.63) is 95.4 Å². The average molecular weight is 435 g/mol. The van der Waals surface area contributed by atoms with Crippen LogP contribution in [0.1, 0.15) is 46.0 Å². The van der Waals surface area contributed by atoms with Gasteiger partial charge in [0.25, 0.3) is 5.91 Å². The standard InChI is InChI=1S/C25H26N2O3S/c1-18(9-10-19-6-3-2-4-7-19)26-24(29)20-11-13-21(14-12-20)25-27(23(28)17-31-25)16-22-8-5-15-30-22/h2-8,11-15,18,25H,9-10,16-17H2,1H3,(H,26,29)/t18-,25+/m1/s1. The molecular weight excluding hydrogens is 408 g/mol. The molecule has 3 aromatic rings. The molecule has 2 heterocycles. The highest BCUT2D eigenvalue weighted by Gasteiger charge is 2.33. The first-order chi connectivity index (χ1) is 15.1. The summed E-state index contributed by atoms with van der Waals surface area (Å²) in [5.41, 5.74) is 2.91. The Morgan fingerprint density at radius 1 is 1.13 bits per heavy atom. The molecule has 1 N–H and O–H groups in total. The SMILES string of the molecule is C[C@H](CCc1ccccc1)NC(=O)c1ccc([C@@H]2SCC(=O)N2Cc2ccco2)cc1. The lowest BCUT2D eigenvalue weighted by atomic mass is 10.1. The molecule has 1 aromatic heterocycles. The molecule has 1 saturated heterocycles. The van der Waals surface area contributed by atoms with Crippen LogP contribution in [0.25, 0.3) is 0 Å². The summed E-state index contributed by atoms with van der Waals surface area (Å²) in [6.07, 6.45) is 3.43. The Bertz CT molecular complexity index is 1000. The normalized spacial score (nSPS) is 17.0. The highest BCUT2D eigenvalue weighted by Crippen LogP contribution is 2.39. The third-order valence-corrected chi connectivity index (χ3v) is 6.67. The zero-order chi connectivity index (χ0) is 21.6. The Morgan fingerprint density at radius 2 is 1.90 bits per heavy atom. The Morgan fingerprint density at radius 3 is 2.61 bits per heavy atom. The lowest BCUT2D eigenvalue weighted by molar-refractivity contribution is -0.128. The van der Waals surface area contributed by atoms with E-state index in [2.05, 4.69) is 17.4 Å². The number of nitrogens with one attached hydrogen (secondary N) is 1. The van der Waals surface area contributed by atoms with Crippen molar-refractivity contribution in [2.75, 3.05) is 5.75 Å². The number of nitrogens with zero attached hydrogens (tertiary/aromatic N) is 1. The van der Waals surface area contributed by atoms with E-state index in [9.17, 15) is 9.59 Å². The van der Waals surface area contributed by atoms with E-state index in [0.29, 0.717) is 17.9 Å². The topological polar surface area (TPSA) is 62.6 Å². The van der Waals surface area contributed by atoms with Gasteiger partial charge in [-0.2, -0.15) is 0 Å². The van der Waals surface area contributed by atoms with Crippen LogP contribution in [0.3, 0.4) is 0 Å². The van der Waals surface area contributed by atoms with Gasteiger partial charge in [0, 0.05) is 11.6 Å². The Balaban J connectivity index is 1.34. The Kier molecular flexibility index (Phi) is 6.77. The summed E-state index contributed by atoms with van der Waals surface area (Å²) in [5.74, 6) is 1.24. The summed E-state index contributed by atoms with van der Waals surface area (Å²) < 4.78 is 5.41. The van der Waals surface area contributed by atoms with Gasteiger partial charge in [-0.3, -0.25) is 9.59 Å². The van der Waals surface area contributed by atoms with E-state index >= 15 is 0 Å². The first-order valence-electron chi connectivity index (χ1n) is 10.5. The van der Waals surface area contributed by atoms with E-state index < -0.39 is 0 Å². The molecule has 0 radical (unpaired) electrons. The van der Waals surface area contributed by atoms with Gasteiger partial charge in [-0.25, -0.2) is 0 Å². The molecule has 1 aliphatic heterocycles. The second kappa shape index (κ2) is 9.88. The van der Waals surface area contributed by atoms with Crippen molar-refractivity contribution in [1.29, 1.82) is 0 Å². The summed E-state index contributed by atoms with van der Waals surface area (Å²) in [6, 6.07) is 21.6. The summed E-state index contributed by atoms with van der Waals surface area (Å²) in [7, 11) is 0. The van der Waals surface area contributed by atoms with Crippen LogP contribution >= 0.6 is 11.8 Å². The van der Waals surface area contributed by atoms with Gasteiger partial charge in [0.15, 0.2) is 0 Å². The largest absolute Gasteiger partial charge is 0.467 e. The monoisotopic (exact) mass is 434 g/mol. The minimum absolute atomic E-state index is 0.0699. The number of carbonyl (C=O) groups is 2. The molecule has 5 nitrogen and oxygen atoms in total. The molecule has 160 valence electrons. The Hall–Kier alpha value is -2.99. The summed E-state index contributed by atoms with van der Waals surface area (Å²) in [5, 5.41) is 3.01. The van der Waals surface area contributed by atoms with Gasteiger partial charge in [-0.1, -0.05) is 42.5 Å². The average Bonchev–Trinajstić information content (AvgIpc) is 3.44. The summed E-state index contributed by atoms with van der Waals surface area (Å²) in [6.45, 7) is 2.48. The zero-order valence-electron chi connectivity index (χ0n) is 17.5. The number of furan rings is 1. The van der Waals surface area contributed by atoms with Crippen LogP contribution < -0.4 is 5.32 Å². The number of carbonyl (C=O) groups excluding carboxylic acids is 2. The smallest absolute Gasteiger partial charge is 0.251 e. The van der Waals surface area contributed by atoms with Crippen LogP contribution in [-0.2, 0) is 17.8 Å². The van der Waals surface area contributed by atoms with Crippen LogP contribution in [0, 0.1) is 0 Å². The zero-order valence-corrected chi connectivity index (χ0v) is 18.3. The van der Waals surface area contributed by atoms with Crippen molar-refractivity contribution in [2.24, 2.45) is 0 Å². The molecular formula is C25H26N2O3S. The quantitative estimate of drug-likeness (QED) is 0.553. The minimum Gasteiger partial charge on any atom is -0.467 e. The number of thioether (sulfide) groups is 1. The van der Waals surface area contributed by atoms with Gasteiger partial charge in [0.2, 0.25) is 5.91 Å². The van der Waals surface area contributed by atoms with E-state index in [1.807, 2.05) is 66.4 Å². The third-order valence-electron chi connectivity index (χ3n) is 5.42. The van der Waals surface area contributed by atoms with Crippen molar-refractivity contribution >= 4 is 23.6 Å². The molecule has 2 amide bonds. The molecule has 1 fully saturated rings. The van der Waals surface area contributed by atoms with Crippen LogP contribution in [0.5, 0.6) is 0 Å². The van der Waals surface area contributed by atoms with E-state index in [1.165, 1.54) is 5.56 Å². The fourth-order valence-corrected chi connectivity index (χ4v) is 4.87. The second-order valence-electron chi connectivity index (χ2n) is 7.79. The maximum atomic E-state index is 12.6. The molecule has 31 heavy (non-hydrogen) atoms. The first kappa shape index (κ1) is 21.2. The van der Waals surface area contributed by atoms with Gasteiger partial charge >= 0.3 is 0 Å². The number of rotatable bonds is 8. The van der Waals surface area contributed by atoms with Gasteiger partial charge in [-0.15, -0.1) is 11.8 Å². The van der Waals surface area contributed by atoms with E-state index in [1.54, 1.807) is 18.0 Å². The lowest BCUT2D eigenvalue weighted by Crippen LogP contribution is -2.33. The number of aryl methyl sites for hydroxylation is 1. The van der Waals surface area contributed by atoms with Crippen LogP contribution in [0.15, 0.2) is 77.4 Å². The van der Waals surface area contributed by atoms with Crippen LogP contribution in [0.2, 0.25) is 0 Å². The van der Waals surface area contributed by atoms with Gasteiger partial charge in [0.05, 0.1) is 18.6 Å². The van der Waals surface area contributed by atoms with Gasteiger partial charge in [-0.05, 0) is 55.2 Å². The predicted octanol–water partition coefficient (Wildman–Crippen LogP) is 4.80. The predicted molar refractivity (Wildman–Crippen MR) is 123 cm³/mol. The molecule has 0 saturated carbocycles. The van der Waals surface area contributed by atoms with E-state index in [4.69, 9.17) is 4.42 Å². The molecule has 1 aliphatic rings. The first-order valence-corrected chi connectivity index (χ1v) is 11.5. The molecule has 2 aromatic carbocycles. The maximum Gasteiger partial charge on any atom is 0.251 e. The van der Waals surface area contributed by atoms with Crippen molar-refractivity contribution in [3.8, 4) is 0 Å². The van der Waals surface area contributed by atoms with E-state index in [-0.39, 0.29) is 23.2 Å². The Labute approximate surface area is 186 Å². The van der Waals surface area contributed by atoms with Crippen LogP contribution in [0.4, 0.5) is 0 Å². The van der Waals surface area contributed by atoms with Crippen molar-refractivity contribution in [3.63, 3.8) is 0 Å². The highest BCUT2D eigenvalue weighted by molar-refractivity contribution is 8.00. The molecule has 4 rings (SSSR count).